The molecule has 2 fully saturated rings. The van der Waals surface area contributed by atoms with Crippen molar-refractivity contribution in [3.05, 3.63) is 11.6 Å². The van der Waals surface area contributed by atoms with Crippen LogP contribution in [0.1, 0.15) is 44.3 Å². The van der Waals surface area contributed by atoms with E-state index in [9.17, 15) is 0 Å². The first kappa shape index (κ1) is 23.3. The molecular formula is C19H36IN7O. The maximum Gasteiger partial charge on any atom is 0.194 e. The summed E-state index contributed by atoms with van der Waals surface area (Å²) in [5, 5.41) is 11.9. The zero-order valence-corrected chi connectivity index (χ0v) is 20.1. The second kappa shape index (κ2) is 11.3. The Labute approximate surface area is 186 Å². The van der Waals surface area contributed by atoms with Crippen molar-refractivity contribution in [3.63, 3.8) is 0 Å². The van der Waals surface area contributed by atoms with E-state index in [4.69, 9.17) is 9.73 Å². The zero-order valence-electron chi connectivity index (χ0n) is 17.7. The highest BCUT2D eigenvalue weighted by molar-refractivity contribution is 14.0. The predicted octanol–water partition coefficient (Wildman–Crippen LogP) is 1.78. The molecule has 1 N–H and O–H groups in total. The number of likely N-dealkylation sites (tertiary alicyclic amines) is 1. The molecule has 0 spiro atoms. The molecule has 2 saturated heterocycles. The van der Waals surface area contributed by atoms with Gasteiger partial charge in [-0.15, -0.1) is 34.2 Å². The summed E-state index contributed by atoms with van der Waals surface area (Å²) in [6.07, 6.45) is 5.12. The molecular weight excluding hydrogens is 469 g/mol. The van der Waals surface area contributed by atoms with Crippen LogP contribution in [0.2, 0.25) is 0 Å². The van der Waals surface area contributed by atoms with Crippen molar-refractivity contribution < 1.29 is 4.74 Å². The molecule has 2 aliphatic rings. The second-order valence-corrected chi connectivity index (χ2v) is 7.68. The summed E-state index contributed by atoms with van der Waals surface area (Å²) < 4.78 is 7.76. The van der Waals surface area contributed by atoms with E-state index in [1.807, 2.05) is 18.5 Å². The lowest BCUT2D eigenvalue weighted by atomic mass is 10.2. The first-order valence-corrected chi connectivity index (χ1v) is 10.3. The predicted molar refractivity (Wildman–Crippen MR) is 122 cm³/mol. The monoisotopic (exact) mass is 505 g/mol. The van der Waals surface area contributed by atoms with Crippen molar-refractivity contribution >= 4 is 29.9 Å². The van der Waals surface area contributed by atoms with Crippen molar-refractivity contribution in [1.82, 2.24) is 29.9 Å². The van der Waals surface area contributed by atoms with Gasteiger partial charge in [-0.05, 0) is 45.7 Å². The third-order valence-corrected chi connectivity index (χ3v) is 5.82. The van der Waals surface area contributed by atoms with Crippen LogP contribution in [-0.4, -0.2) is 82.5 Å². The molecule has 1 aromatic heterocycles. The van der Waals surface area contributed by atoms with Crippen LogP contribution in [0.15, 0.2) is 4.99 Å². The molecule has 160 valence electrons. The van der Waals surface area contributed by atoms with Crippen LogP contribution in [-0.2, 0) is 18.3 Å². The number of nitrogens with zero attached hydrogens (tertiary/aromatic N) is 6. The minimum absolute atomic E-state index is 0. The summed E-state index contributed by atoms with van der Waals surface area (Å²) in [5.41, 5.74) is 0. The molecule has 0 bridgehead atoms. The van der Waals surface area contributed by atoms with Crippen LogP contribution in [0.25, 0.3) is 0 Å². The van der Waals surface area contributed by atoms with E-state index < -0.39 is 0 Å². The highest BCUT2D eigenvalue weighted by Gasteiger charge is 2.25. The molecule has 0 aromatic carbocycles. The molecule has 2 atom stereocenters. The van der Waals surface area contributed by atoms with Gasteiger partial charge >= 0.3 is 0 Å². The molecule has 0 radical (unpaired) electrons. The maximum atomic E-state index is 5.77. The number of rotatable bonds is 7. The fourth-order valence-electron chi connectivity index (χ4n) is 3.98. The summed E-state index contributed by atoms with van der Waals surface area (Å²) >= 11 is 0. The van der Waals surface area contributed by atoms with E-state index in [1.165, 1.54) is 19.4 Å². The van der Waals surface area contributed by atoms with Gasteiger partial charge < -0.3 is 19.5 Å². The molecule has 3 rings (SSSR count). The van der Waals surface area contributed by atoms with Crippen LogP contribution in [0.5, 0.6) is 0 Å². The summed E-state index contributed by atoms with van der Waals surface area (Å²) in [7, 11) is 4.12. The van der Waals surface area contributed by atoms with Gasteiger partial charge in [0.15, 0.2) is 11.8 Å². The van der Waals surface area contributed by atoms with E-state index in [2.05, 4.69) is 39.3 Å². The molecule has 1 aromatic rings. The summed E-state index contributed by atoms with van der Waals surface area (Å²) in [6.45, 7) is 9.74. The Bertz CT molecular complexity index is 630. The summed E-state index contributed by atoms with van der Waals surface area (Å²) in [6, 6.07) is 0.604. The number of hydrogen-bond acceptors (Lipinski definition) is 5. The second-order valence-electron chi connectivity index (χ2n) is 7.68. The van der Waals surface area contributed by atoms with E-state index in [0.29, 0.717) is 18.7 Å². The molecule has 0 aliphatic carbocycles. The van der Waals surface area contributed by atoms with Crippen molar-refractivity contribution in [2.24, 2.45) is 12.0 Å². The van der Waals surface area contributed by atoms with Gasteiger partial charge in [0.2, 0.25) is 0 Å². The number of hydrogen-bond donors (Lipinski definition) is 1. The molecule has 8 nitrogen and oxygen atoms in total. The van der Waals surface area contributed by atoms with Gasteiger partial charge in [-0.2, -0.15) is 0 Å². The number of aromatic nitrogens is 3. The molecule has 2 aliphatic heterocycles. The fraction of sp³-hybridized carbons (Fsp3) is 0.842. The van der Waals surface area contributed by atoms with E-state index in [0.717, 1.165) is 56.7 Å². The Balaban J connectivity index is 0.00000280. The first-order chi connectivity index (χ1) is 13.1. The van der Waals surface area contributed by atoms with E-state index in [1.54, 1.807) is 0 Å². The lowest BCUT2D eigenvalue weighted by molar-refractivity contribution is 0.113. The van der Waals surface area contributed by atoms with Crippen molar-refractivity contribution in [2.75, 3.05) is 39.8 Å². The number of nitrogens with one attached hydrogen (secondary N) is 1. The number of aryl methyl sites for hydroxylation is 1. The Morgan fingerprint density at radius 2 is 2.14 bits per heavy atom. The van der Waals surface area contributed by atoms with Crippen LogP contribution in [0.3, 0.4) is 0 Å². The molecule has 2 unspecified atom stereocenters. The minimum atomic E-state index is 0. The lowest BCUT2D eigenvalue weighted by Crippen LogP contribution is -2.47. The van der Waals surface area contributed by atoms with E-state index >= 15 is 0 Å². The number of aliphatic imine (C=N–C) groups is 1. The average molecular weight is 505 g/mol. The number of guanidine groups is 1. The van der Waals surface area contributed by atoms with Gasteiger partial charge in [0, 0.05) is 39.8 Å². The Morgan fingerprint density at radius 1 is 1.32 bits per heavy atom. The molecule has 28 heavy (non-hydrogen) atoms. The van der Waals surface area contributed by atoms with Crippen LogP contribution >= 0.6 is 24.0 Å². The molecule has 3 heterocycles. The molecule has 0 amide bonds. The summed E-state index contributed by atoms with van der Waals surface area (Å²) in [5.74, 6) is 2.72. The Hall–Kier alpha value is -0.940. The quantitative estimate of drug-likeness (QED) is 0.346. The van der Waals surface area contributed by atoms with Gasteiger partial charge in [-0.25, -0.2) is 4.99 Å². The zero-order chi connectivity index (χ0) is 19.2. The number of likely N-dealkylation sites (N-methyl/N-ethyl adjacent to an activating group) is 2. The van der Waals surface area contributed by atoms with Gasteiger partial charge in [0.25, 0.3) is 0 Å². The minimum Gasteiger partial charge on any atom is -0.376 e. The standard InChI is InChI=1S/C19H35N7O.HI/c1-5-26-10-6-8-16(26)14-24(3)19(20-12-17-9-7-11-27-17)21-13-18-23-22-15(2)25(18)4;/h16-17H,5-14H2,1-4H3,(H,20,21);1H. The number of halogens is 1. The normalized spacial score (nSPS) is 23.1. The number of ether oxygens (including phenoxy) is 1. The smallest absolute Gasteiger partial charge is 0.194 e. The van der Waals surface area contributed by atoms with Gasteiger partial charge in [-0.1, -0.05) is 6.92 Å². The highest BCUT2D eigenvalue weighted by Crippen LogP contribution is 2.17. The topological polar surface area (TPSA) is 70.8 Å². The Kier molecular flexibility index (Phi) is 9.42. The van der Waals surface area contributed by atoms with E-state index in [-0.39, 0.29) is 24.0 Å². The molecule has 9 heteroatoms. The third kappa shape index (κ3) is 6.03. The van der Waals surface area contributed by atoms with Gasteiger partial charge in [-0.3, -0.25) is 4.90 Å². The van der Waals surface area contributed by atoms with Crippen molar-refractivity contribution in [3.8, 4) is 0 Å². The average Bonchev–Trinajstić information content (AvgIpc) is 3.39. The maximum absolute atomic E-state index is 5.77. The SMILES string of the molecule is CCN1CCCC1CN(C)C(=NCc1nnc(C)n1C)NCC1CCCO1.I. The van der Waals surface area contributed by atoms with Crippen LogP contribution in [0.4, 0.5) is 0 Å². The fourth-order valence-corrected chi connectivity index (χ4v) is 3.98. The Morgan fingerprint density at radius 3 is 2.79 bits per heavy atom. The van der Waals surface area contributed by atoms with Crippen LogP contribution < -0.4 is 5.32 Å². The first-order valence-electron chi connectivity index (χ1n) is 10.3. The van der Waals surface area contributed by atoms with Crippen molar-refractivity contribution in [2.45, 2.75) is 58.2 Å². The van der Waals surface area contributed by atoms with Crippen LogP contribution in [0, 0.1) is 6.92 Å². The molecule has 0 saturated carbocycles. The van der Waals surface area contributed by atoms with Gasteiger partial charge in [0.1, 0.15) is 12.4 Å². The largest absolute Gasteiger partial charge is 0.376 e. The summed E-state index contributed by atoms with van der Waals surface area (Å²) in [4.78, 5) is 9.69. The lowest BCUT2D eigenvalue weighted by Gasteiger charge is -2.30. The van der Waals surface area contributed by atoms with Crippen molar-refractivity contribution in [1.29, 1.82) is 0 Å². The van der Waals surface area contributed by atoms with Gasteiger partial charge in [0.05, 0.1) is 6.10 Å². The third-order valence-electron chi connectivity index (χ3n) is 5.82. The highest BCUT2D eigenvalue weighted by atomic mass is 127.